The summed E-state index contributed by atoms with van der Waals surface area (Å²) in [6, 6.07) is 0. The SMILES string of the molecule is OC[C@H]1S[C@H](Nc2nc(Cl)c3[nH]cnc3n2)[C@@H](O)[C@@H]1O. The predicted molar refractivity (Wildman–Crippen MR) is 74.6 cm³/mol. The lowest BCUT2D eigenvalue weighted by molar-refractivity contribution is 0.0230. The zero-order valence-corrected chi connectivity index (χ0v) is 11.6. The molecule has 1 saturated heterocycles. The van der Waals surface area contributed by atoms with Crippen LogP contribution in [0.3, 0.4) is 0 Å². The summed E-state index contributed by atoms with van der Waals surface area (Å²) < 4.78 is 0. The molecule has 0 radical (unpaired) electrons. The van der Waals surface area contributed by atoms with Crippen molar-refractivity contribution in [3.63, 3.8) is 0 Å². The van der Waals surface area contributed by atoms with Crippen molar-refractivity contribution in [3.8, 4) is 0 Å². The quantitative estimate of drug-likeness (QED) is 0.483. The molecule has 2 aromatic rings. The average Bonchev–Trinajstić information content (AvgIpc) is 2.99. The monoisotopic (exact) mass is 317 g/mol. The number of rotatable bonds is 3. The molecule has 10 heteroatoms. The van der Waals surface area contributed by atoms with E-state index >= 15 is 0 Å². The number of anilines is 1. The molecule has 0 saturated carbocycles. The van der Waals surface area contributed by atoms with E-state index in [0.717, 1.165) is 0 Å². The molecule has 8 nitrogen and oxygen atoms in total. The van der Waals surface area contributed by atoms with Crippen LogP contribution in [-0.2, 0) is 0 Å². The molecule has 5 N–H and O–H groups in total. The van der Waals surface area contributed by atoms with E-state index < -0.39 is 22.8 Å². The molecule has 0 bridgehead atoms. The molecule has 2 aromatic heterocycles. The third-order valence-electron chi connectivity index (χ3n) is 3.06. The van der Waals surface area contributed by atoms with E-state index in [1.165, 1.54) is 18.1 Å². The number of aliphatic hydroxyl groups excluding tert-OH is 3. The highest BCUT2D eigenvalue weighted by atomic mass is 35.5. The minimum Gasteiger partial charge on any atom is -0.395 e. The van der Waals surface area contributed by atoms with Gasteiger partial charge in [-0.05, 0) is 0 Å². The number of thioether (sulfide) groups is 1. The van der Waals surface area contributed by atoms with Gasteiger partial charge in [0.25, 0.3) is 0 Å². The van der Waals surface area contributed by atoms with Crippen LogP contribution in [0.25, 0.3) is 11.2 Å². The van der Waals surface area contributed by atoms with Crippen molar-refractivity contribution >= 4 is 40.5 Å². The molecule has 0 spiro atoms. The number of aromatic nitrogens is 4. The van der Waals surface area contributed by atoms with Crippen LogP contribution in [-0.4, -0.2) is 64.7 Å². The van der Waals surface area contributed by atoms with Crippen molar-refractivity contribution in [2.24, 2.45) is 0 Å². The third-order valence-corrected chi connectivity index (χ3v) is 4.80. The van der Waals surface area contributed by atoms with Gasteiger partial charge in [-0.2, -0.15) is 9.97 Å². The highest BCUT2D eigenvalue weighted by Crippen LogP contribution is 2.34. The molecule has 0 aromatic carbocycles. The second kappa shape index (κ2) is 5.34. The lowest BCUT2D eigenvalue weighted by Gasteiger charge is -2.16. The fourth-order valence-electron chi connectivity index (χ4n) is 2.01. The fraction of sp³-hybridized carbons (Fsp3) is 0.500. The molecule has 0 unspecified atom stereocenters. The Morgan fingerprint density at radius 3 is 2.85 bits per heavy atom. The van der Waals surface area contributed by atoms with Crippen LogP contribution in [0.1, 0.15) is 0 Å². The number of H-pyrrole nitrogens is 1. The summed E-state index contributed by atoms with van der Waals surface area (Å²) in [5.41, 5.74) is 0.939. The largest absolute Gasteiger partial charge is 0.395 e. The van der Waals surface area contributed by atoms with E-state index in [9.17, 15) is 10.2 Å². The van der Waals surface area contributed by atoms with Gasteiger partial charge in [0.1, 0.15) is 17.0 Å². The molecule has 1 aliphatic rings. The highest BCUT2D eigenvalue weighted by Gasteiger charge is 2.42. The molecule has 1 aliphatic heterocycles. The second-order valence-corrected chi connectivity index (χ2v) is 6.09. The van der Waals surface area contributed by atoms with Gasteiger partial charge in [0, 0.05) is 0 Å². The Balaban J connectivity index is 1.83. The van der Waals surface area contributed by atoms with Gasteiger partial charge >= 0.3 is 0 Å². The minimum atomic E-state index is -1.03. The van der Waals surface area contributed by atoms with Crippen molar-refractivity contribution < 1.29 is 15.3 Å². The van der Waals surface area contributed by atoms with Gasteiger partial charge in [0.05, 0.1) is 24.3 Å². The third kappa shape index (κ3) is 2.31. The number of fused-ring (bicyclic) bond motifs is 1. The topological polar surface area (TPSA) is 127 Å². The maximum atomic E-state index is 9.91. The number of hydrogen-bond acceptors (Lipinski definition) is 8. The lowest BCUT2D eigenvalue weighted by atomic mass is 10.1. The molecule has 20 heavy (non-hydrogen) atoms. The first-order valence-electron chi connectivity index (χ1n) is 5.85. The van der Waals surface area contributed by atoms with Gasteiger partial charge in [0.2, 0.25) is 5.95 Å². The number of imidazole rings is 1. The summed E-state index contributed by atoms with van der Waals surface area (Å²) in [7, 11) is 0. The lowest BCUT2D eigenvalue weighted by Crippen LogP contribution is -2.36. The van der Waals surface area contributed by atoms with Crippen LogP contribution in [0.15, 0.2) is 6.33 Å². The first-order valence-corrected chi connectivity index (χ1v) is 7.18. The molecule has 0 amide bonds. The Morgan fingerprint density at radius 2 is 2.15 bits per heavy atom. The number of hydrogen-bond donors (Lipinski definition) is 5. The Kier molecular flexibility index (Phi) is 3.69. The summed E-state index contributed by atoms with van der Waals surface area (Å²) in [4.78, 5) is 15.0. The van der Waals surface area contributed by atoms with Crippen LogP contribution in [0, 0.1) is 0 Å². The van der Waals surface area contributed by atoms with Crippen molar-refractivity contribution in [1.29, 1.82) is 0 Å². The average molecular weight is 318 g/mol. The van der Waals surface area contributed by atoms with Gasteiger partial charge < -0.3 is 25.6 Å². The van der Waals surface area contributed by atoms with Crippen molar-refractivity contribution in [2.45, 2.75) is 22.8 Å². The minimum absolute atomic E-state index is 0.205. The first-order chi connectivity index (χ1) is 9.60. The van der Waals surface area contributed by atoms with E-state index in [0.29, 0.717) is 11.2 Å². The van der Waals surface area contributed by atoms with E-state index in [4.69, 9.17) is 16.7 Å². The molecule has 4 atom stereocenters. The Bertz CT molecular complexity index is 626. The van der Waals surface area contributed by atoms with Gasteiger partial charge in [-0.15, -0.1) is 11.8 Å². The first kappa shape index (κ1) is 13.8. The van der Waals surface area contributed by atoms with Gasteiger partial charge in [0.15, 0.2) is 10.8 Å². The molecular weight excluding hydrogens is 306 g/mol. The second-order valence-electron chi connectivity index (χ2n) is 4.34. The molecule has 0 aliphatic carbocycles. The van der Waals surface area contributed by atoms with Crippen molar-refractivity contribution in [3.05, 3.63) is 11.5 Å². The molecule has 108 valence electrons. The Labute approximate surface area is 122 Å². The maximum absolute atomic E-state index is 9.91. The standard InChI is InChI=1S/C10H12ClN5O3S/c11-7-4-8(13-2-12-4)15-10(14-7)16-9-6(19)5(18)3(1-17)20-9/h2-3,5-6,9,17-19H,1H2,(H2,12,13,14,15,16)/t3-,5-,6+,9+/m1/s1. The Morgan fingerprint density at radius 1 is 1.35 bits per heavy atom. The number of halogens is 1. The fourth-order valence-corrected chi connectivity index (χ4v) is 3.51. The van der Waals surface area contributed by atoms with Gasteiger partial charge in [-0.1, -0.05) is 11.6 Å². The van der Waals surface area contributed by atoms with Crippen LogP contribution >= 0.6 is 23.4 Å². The zero-order chi connectivity index (χ0) is 14.3. The summed E-state index contributed by atoms with van der Waals surface area (Å²) >= 11 is 7.21. The molecule has 3 rings (SSSR count). The summed E-state index contributed by atoms with van der Waals surface area (Å²) in [6.45, 7) is -0.221. The summed E-state index contributed by atoms with van der Waals surface area (Å²) in [5, 5.41) is 30.9. The number of nitrogens with zero attached hydrogens (tertiary/aromatic N) is 3. The predicted octanol–water partition coefficient (Wildman–Crippen LogP) is -0.426. The van der Waals surface area contributed by atoms with Crippen LogP contribution in [0.5, 0.6) is 0 Å². The van der Waals surface area contributed by atoms with E-state index in [2.05, 4.69) is 25.3 Å². The molecule has 1 fully saturated rings. The highest BCUT2D eigenvalue weighted by molar-refractivity contribution is 8.01. The summed E-state index contributed by atoms with van der Waals surface area (Å²) in [5.74, 6) is 0.205. The zero-order valence-electron chi connectivity index (χ0n) is 10.1. The number of aliphatic hydroxyl groups is 3. The van der Waals surface area contributed by atoms with Crippen LogP contribution in [0.2, 0.25) is 5.15 Å². The van der Waals surface area contributed by atoms with Crippen LogP contribution in [0.4, 0.5) is 5.95 Å². The molecule has 3 heterocycles. The van der Waals surface area contributed by atoms with Gasteiger partial charge in [-0.25, -0.2) is 4.98 Å². The molecular formula is C10H12ClN5O3S. The Hall–Kier alpha value is -1.13. The number of aromatic amines is 1. The van der Waals surface area contributed by atoms with Crippen LogP contribution < -0.4 is 5.32 Å². The maximum Gasteiger partial charge on any atom is 0.227 e. The normalized spacial score (nSPS) is 30.0. The van der Waals surface area contributed by atoms with E-state index in [1.54, 1.807) is 0 Å². The van der Waals surface area contributed by atoms with E-state index in [1.807, 2.05) is 0 Å². The van der Waals surface area contributed by atoms with Gasteiger partial charge in [-0.3, -0.25) is 0 Å². The smallest absolute Gasteiger partial charge is 0.227 e. The number of nitrogens with one attached hydrogen (secondary N) is 2. The van der Waals surface area contributed by atoms with Crippen molar-refractivity contribution in [1.82, 2.24) is 19.9 Å². The van der Waals surface area contributed by atoms with Crippen molar-refractivity contribution in [2.75, 3.05) is 11.9 Å². The van der Waals surface area contributed by atoms with E-state index in [-0.39, 0.29) is 17.7 Å². The summed E-state index contributed by atoms with van der Waals surface area (Å²) in [6.07, 6.45) is -0.582.